The van der Waals surface area contributed by atoms with Crippen LogP contribution in [0.25, 0.3) is 10.2 Å². The highest BCUT2D eigenvalue weighted by Gasteiger charge is 2.22. The average Bonchev–Trinajstić information content (AvgIpc) is 2.82. The zero-order valence-corrected chi connectivity index (χ0v) is 10.8. The molecule has 0 aliphatic heterocycles. The highest BCUT2D eigenvalue weighted by Crippen LogP contribution is 2.20. The van der Waals surface area contributed by atoms with Gasteiger partial charge in [-0.25, -0.2) is 9.78 Å². The second kappa shape index (κ2) is 4.73. The van der Waals surface area contributed by atoms with Gasteiger partial charge in [-0.05, 0) is 25.1 Å². The van der Waals surface area contributed by atoms with Crippen LogP contribution >= 0.6 is 11.3 Å². The van der Waals surface area contributed by atoms with Crippen LogP contribution in [0.1, 0.15) is 17.3 Å². The summed E-state index contributed by atoms with van der Waals surface area (Å²) < 4.78 is 0.914. The molecule has 2 rings (SSSR count). The number of aromatic nitrogens is 1. The molecule has 0 aliphatic rings. The molecule has 5 nitrogen and oxygen atoms in total. The lowest BCUT2D eigenvalue weighted by molar-refractivity contribution is -0.141. The highest BCUT2D eigenvalue weighted by atomic mass is 32.1. The van der Waals surface area contributed by atoms with Crippen molar-refractivity contribution < 1.29 is 14.7 Å². The summed E-state index contributed by atoms with van der Waals surface area (Å²) in [6, 6.07) is 4.31. The number of thiazole rings is 1. The number of carboxylic acid groups (broad SMARTS) is 1. The fraction of sp³-hybridized carbons (Fsp3) is 0.250. The van der Waals surface area contributed by atoms with Crippen molar-refractivity contribution in [3.63, 3.8) is 0 Å². The van der Waals surface area contributed by atoms with Gasteiger partial charge in [0.1, 0.15) is 6.04 Å². The maximum atomic E-state index is 12.1. The Morgan fingerprint density at radius 2 is 2.17 bits per heavy atom. The van der Waals surface area contributed by atoms with Crippen LogP contribution in [0.3, 0.4) is 0 Å². The first-order chi connectivity index (χ1) is 8.50. The van der Waals surface area contributed by atoms with Gasteiger partial charge in [-0.15, -0.1) is 11.3 Å². The summed E-state index contributed by atoms with van der Waals surface area (Å²) in [6.45, 7) is 1.48. The van der Waals surface area contributed by atoms with Crippen LogP contribution in [0.5, 0.6) is 0 Å². The summed E-state index contributed by atoms with van der Waals surface area (Å²) in [6.07, 6.45) is 0. The summed E-state index contributed by atoms with van der Waals surface area (Å²) in [4.78, 5) is 28.3. The van der Waals surface area contributed by atoms with E-state index in [0.29, 0.717) is 5.56 Å². The lowest BCUT2D eigenvalue weighted by Gasteiger charge is -2.21. The van der Waals surface area contributed by atoms with Gasteiger partial charge < -0.3 is 10.0 Å². The molecule has 1 aromatic carbocycles. The quantitative estimate of drug-likeness (QED) is 0.918. The zero-order valence-electron chi connectivity index (χ0n) is 9.95. The molecule has 1 N–H and O–H groups in total. The Labute approximate surface area is 108 Å². The number of rotatable bonds is 3. The molecule has 1 aromatic heterocycles. The van der Waals surface area contributed by atoms with E-state index in [1.165, 1.54) is 30.2 Å². The molecule has 0 saturated heterocycles. The van der Waals surface area contributed by atoms with Crippen LogP contribution in [0.2, 0.25) is 0 Å². The van der Waals surface area contributed by atoms with E-state index in [1.54, 1.807) is 23.7 Å². The Hall–Kier alpha value is -1.95. The molecule has 0 fully saturated rings. The smallest absolute Gasteiger partial charge is 0.326 e. The topological polar surface area (TPSA) is 70.5 Å². The molecule has 1 atom stereocenters. The number of hydrogen-bond acceptors (Lipinski definition) is 4. The molecule has 0 saturated carbocycles. The molecule has 1 heterocycles. The number of fused-ring (bicyclic) bond motifs is 1. The van der Waals surface area contributed by atoms with E-state index in [4.69, 9.17) is 5.11 Å². The third kappa shape index (κ3) is 2.19. The van der Waals surface area contributed by atoms with Crippen molar-refractivity contribution in [3.8, 4) is 0 Å². The minimum Gasteiger partial charge on any atom is -0.480 e. The number of aliphatic carboxylic acids is 1. The summed E-state index contributed by atoms with van der Waals surface area (Å²) in [5.74, 6) is -1.33. The number of nitrogens with zero attached hydrogens (tertiary/aromatic N) is 2. The van der Waals surface area contributed by atoms with Gasteiger partial charge in [-0.3, -0.25) is 4.79 Å². The van der Waals surface area contributed by atoms with Gasteiger partial charge in [-0.1, -0.05) is 0 Å². The fourth-order valence-electron chi connectivity index (χ4n) is 1.53. The van der Waals surface area contributed by atoms with Crippen molar-refractivity contribution in [3.05, 3.63) is 29.3 Å². The van der Waals surface area contributed by atoms with Crippen LogP contribution in [0, 0.1) is 0 Å². The molecule has 0 spiro atoms. The molecular weight excluding hydrogens is 252 g/mol. The van der Waals surface area contributed by atoms with Crippen LogP contribution < -0.4 is 0 Å². The van der Waals surface area contributed by atoms with E-state index in [9.17, 15) is 9.59 Å². The molecule has 1 unspecified atom stereocenters. The maximum absolute atomic E-state index is 12.1. The van der Waals surface area contributed by atoms with Gasteiger partial charge in [0.05, 0.1) is 15.7 Å². The summed E-state index contributed by atoms with van der Waals surface area (Å²) in [5, 5.41) is 8.89. The molecule has 0 bridgehead atoms. The lowest BCUT2D eigenvalue weighted by atomic mass is 10.1. The van der Waals surface area contributed by atoms with E-state index in [2.05, 4.69) is 4.98 Å². The van der Waals surface area contributed by atoms with E-state index in [-0.39, 0.29) is 5.91 Å². The third-order valence-electron chi connectivity index (χ3n) is 2.84. The molecule has 6 heteroatoms. The molecule has 18 heavy (non-hydrogen) atoms. The van der Waals surface area contributed by atoms with Crippen molar-refractivity contribution >= 4 is 33.4 Å². The Morgan fingerprint density at radius 3 is 2.83 bits per heavy atom. The number of amides is 1. The van der Waals surface area contributed by atoms with Crippen LogP contribution in [-0.4, -0.2) is 40.0 Å². The molecule has 94 valence electrons. The molecule has 1 amide bonds. The van der Waals surface area contributed by atoms with E-state index in [0.717, 1.165) is 10.2 Å². The Kier molecular flexibility index (Phi) is 3.29. The summed E-state index contributed by atoms with van der Waals surface area (Å²) in [5.41, 5.74) is 3.02. The van der Waals surface area contributed by atoms with Gasteiger partial charge in [0.25, 0.3) is 5.91 Å². The van der Waals surface area contributed by atoms with Gasteiger partial charge in [-0.2, -0.15) is 0 Å². The van der Waals surface area contributed by atoms with Gasteiger partial charge in [0.2, 0.25) is 0 Å². The molecule has 0 radical (unpaired) electrons. The molecule has 2 aromatic rings. The number of likely N-dealkylation sites (N-methyl/N-ethyl adjacent to an activating group) is 1. The van der Waals surface area contributed by atoms with Gasteiger partial charge in [0.15, 0.2) is 0 Å². The second-order valence-electron chi connectivity index (χ2n) is 3.97. The Morgan fingerprint density at radius 1 is 1.44 bits per heavy atom. The first-order valence-electron chi connectivity index (χ1n) is 5.34. The highest BCUT2D eigenvalue weighted by molar-refractivity contribution is 7.16. The van der Waals surface area contributed by atoms with Crippen LogP contribution in [-0.2, 0) is 4.79 Å². The normalized spacial score (nSPS) is 12.3. The first-order valence-corrected chi connectivity index (χ1v) is 6.22. The summed E-state index contributed by atoms with van der Waals surface area (Å²) >= 11 is 1.45. The van der Waals surface area contributed by atoms with Crippen molar-refractivity contribution in [2.45, 2.75) is 13.0 Å². The first kappa shape index (κ1) is 12.5. The lowest BCUT2D eigenvalue weighted by Crippen LogP contribution is -2.40. The largest absolute Gasteiger partial charge is 0.480 e. The number of hydrogen-bond donors (Lipinski definition) is 1. The molecular formula is C12H12N2O3S. The second-order valence-corrected chi connectivity index (χ2v) is 4.85. The van der Waals surface area contributed by atoms with Crippen LogP contribution in [0.15, 0.2) is 23.7 Å². The zero-order chi connectivity index (χ0) is 13.3. The average molecular weight is 264 g/mol. The predicted octanol–water partition coefficient (Wildman–Crippen LogP) is 1.84. The van der Waals surface area contributed by atoms with Crippen LogP contribution in [0.4, 0.5) is 0 Å². The minimum atomic E-state index is -1.02. The van der Waals surface area contributed by atoms with Gasteiger partial charge >= 0.3 is 5.97 Å². The summed E-state index contributed by atoms with van der Waals surface area (Å²) in [7, 11) is 1.48. The fourth-order valence-corrected chi connectivity index (χ4v) is 2.25. The number of carbonyl (C=O) groups excluding carboxylic acids is 1. The van der Waals surface area contributed by atoms with E-state index >= 15 is 0 Å². The van der Waals surface area contributed by atoms with E-state index < -0.39 is 12.0 Å². The van der Waals surface area contributed by atoms with Crippen molar-refractivity contribution in [1.82, 2.24) is 9.88 Å². The van der Waals surface area contributed by atoms with Gasteiger partial charge in [0, 0.05) is 12.6 Å². The standard InChI is InChI=1S/C12H12N2O3S/c1-7(12(16)17)14(2)11(15)8-3-4-9-10(5-8)18-6-13-9/h3-7H,1-2H3,(H,16,17). The SMILES string of the molecule is CC(C(=O)O)N(C)C(=O)c1ccc2ncsc2c1. The Balaban J connectivity index is 2.30. The van der Waals surface area contributed by atoms with Crippen molar-refractivity contribution in [1.29, 1.82) is 0 Å². The predicted molar refractivity (Wildman–Crippen MR) is 68.8 cm³/mol. The monoisotopic (exact) mass is 264 g/mol. The minimum absolute atomic E-state index is 0.305. The molecule has 0 aliphatic carbocycles. The number of benzene rings is 1. The van der Waals surface area contributed by atoms with Crippen molar-refractivity contribution in [2.75, 3.05) is 7.05 Å². The third-order valence-corrected chi connectivity index (χ3v) is 3.63. The maximum Gasteiger partial charge on any atom is 0.326 e. The van der Waals surface area contributed by atoms with E-state index in [1.807, 2.05) is 0 Å². The number of carbonyl (C=O) groups is 2. The van der Waals surface area contributed by atoms with Crippen molar-refractivity contribution in [2.24, 2.45) is 0 Å². The number of carboxylic acids is 1. The Bertz CT molecular complexity index is 608.